The predicted molar refractivity (Wildman–Crippen MR) is 146 cm³/mol. The quantitative estimate of drug-likeness (QED) is 0.118. The van der Waals surface area contributed by atoms with E-state index in [1.807, 2.05) is 61.5 Å². The van der Waals surface area contributed by atoms with Crippen LogP contribution in [0.15, 0.2) is 89.6 Å². The summed E-state index contributed by atoms with van der Waals surface area (Å²) in [4.78, 5) is 29.7. The van der Waals surface area contributed by atoms with Crippen LogP contribution < -0.4 is 9.47 Å². The van der Waals surface area contributed by atoms with Crippen molar-refractivity contribution in [1.29, 1.82) is 0 Å². The molecule has 1 aliphatic rings. The number of halogens is 1. The van der Waals surface area contributed by atoms with E-state index in [9.17, 15) is 9.59 Å². The Labute approximate surface area is 221 Å². The Bertz CT molecular complexity index is 1590. The fourth-order valence-electron chi connectivity index (χ4n) is 3.88. The number of nitrogens with zero attached hydrogens (tertiary/aromatic N) is 1. The zero-order chi connectivity index (χ0) is 25.2. The smallest absolute Gasteiger partial charge is 0.363 e. The lowest BCUT2D eigenvalue weighted by molar-refractivity contribution is -0.129. The van der Waals surface area contributed by atoms with Crippen LogP contribution in [0.25, 0.3) is 16.8 Å². The fraction of sp³-hybridized carbons (Fsp3) is 0.0690. The normalized spacial score (nSPS) is 14.0. The Morgan fingerprint density at radius 2 is 1.72 bits per heavy atom. The Hall–Kier alpha value is -3.98. The second-order valence-electron chi connectivity index (χ2n) is 8.14. The number of fused-ring (bicyclic) bond motifs is 1. The van der Waals surface area contributed by atoms with Crippen molar-refractivity contribution in [3.8, 4) is 11.5 Å². The summed E-state index contributed by atoms with van der Waals surface area (Å²) < 4.78 is 17.3. The van der Waals surface area contributed by atoms with Gasteiger partial charge in [-0.05, 0) is 87.8 Å². The molecular formula is C29H20INO5. The van der Waals surface area contributed by atoms with E-state index < -0.39 is 11.9 Å². The summed E-state index contributed by atoms with van der Waals surface area (Å²) in [5.74, 6) is -0.0901. The van der Waals surface area contributed by atoms with E-state index in [-0.39, 0.29) is 11.6 Å². The molecule has 0 saturated carbocycles. The third-order valence-electron chi connectivity index (χ3n) is 5.73. The van der Waals surface area contributed by atoms with Gasteiger partial charge in [-0.25, -0.2) is 14.6 Å². The number of esters is 2. The predicted octanol–water partition coefficient (Wildman–Crippen LogP) is 6.33. The van der Waals surface area contributed by atoms with Gasteiger partial charge >= 0.3 is 11.9 Å². The molecule has 0 unspecified atom stereocenters. The van der Waals surface area contributed by atoms with Crippen molar-refractivity contribution in [2.75, 3.05) is 7.11 Å². The molecule has 7 heteroatoms. The zero-order valence-corrected chi connectivity index (χ0v) is 21.6. The minimum Gasteiger partial charge on any atom is -0.493 e. The standard InChI is InChI=1S/C29H20INO5/c1-17-7-3-6-10-22(17)28(32)35-26-23(30)13-18(15-25(26)34-2)14-24-29(33)36-27(31-24)21-12-11-19-8-4-5-9-20(19)16-21/h3-16H,1-2H3/b24-14-. The van der Waals surface area contributed by atoms with Gasteiger partial charge in [0.15, 0.2) is 17.2 Å². The van der Waals surface area contributed by atoms with Crippen LogP contribution in [0, 0.1) is 10.5 Å². The van der Waals surface area contributed by atoms with Gasteiger partial charge in [-0.3, -0.25) is 0 Å². The minimum absolute atomic E-state index is 0.167. The molecule has 1 heterocycles. The number of carbonyl (C=O) groups excluding carboxylic acids is 2. The van der Waals surface area contributed by atoms with Crippen LogP contribution >= 0.6 is 22.6 Å². The van der Waals surface area contributed by atoms with Crippen molar-refractivity contribution in [2.24, 2.45) is 4.99 Å². The second-order valence-corrected chi connectivity index (χ2v) is 9.30. The molecule has 6 nitrogen and oxygen atoms in total. The first-order chi connectivity index (χ1) is 17.4. The summed E-state index contributed by atoms with van der Waals surface area (Å²) in [6, 6.07) is 24.4. The molecule has 0 fully saturated rings. The lowest BCUT2D eigenvalue weighted by atomic mass is 10.1. The highest BCUT2D eigenvalue weighted by Gasteiger charge is 2.25. The van der Waals surface area contributed by atoms with Gasteiger partial charge < -0.3 is 14.2 Å². The first kappa shape index (κ1) is 23.7. The molecule has 5 rings (SSSR count). The van der Waals surface area contributed by atoms with E-state index >= 15 is 0 Å². The average molecular weight is 589 g/mol. The van der Waals surface area contributed by atoms with Crippen molar-refractivity contribution in [1.82, 2.24) is 0 Å². The molecule has 36 heavy (non-hydrogen) atoms. The molecule has 0 saturated heterocycles. The molecule has 0 N–H and O–H groups in total. The van der Waals surface area contributed by atoms with E-state index in [2.05, 4.69) is 27.6 Å². The molecule has 0 spiro atoms. The number of aliphatic imine (C=N–C) groups is 1. The largest absolute Gasteiger partial charge is 0.493 e. The second kappa shape index (κ2) is 9.94. The Morgan fingerprint density at radius 3 is 2.50 bits per heavy atom. The zero-order valence-electron chi connectivity index (χ0n) is 19.4. The molecule has 0 radical (unpaired) electrons. The Balaban J connectivity index is 1.44. The summed E-state index contributed by atoms with van der Waals surface area (Å²) in [5, 5.41) is 2.12. The van der Waals surface area contributed by atoms with Crippen LogP contribution in [0.3, 0.4) is 0 Å². The van der Waals surface area contributed by atoms with Gasteiger partial charge in [-0.15, -0.1) is 0 Å². The molecule has 0 bridgehead atoms. The van der Waals surface area contributed by atoms with Crippen LogP contribution in [0.5, 0.6) is 11.5 Å². The highest BCUT2D eigenvalue weighted by molar-refractivity contribution is 14.1. The van der Waals surface area contributed by atoms with Gasteiger partial charge in [0.05, 0.1) is 16.2 Å². The summed E-state index contributed by atoms with van der Waals surface area (Å²) >= 11 is 2.07. The summed E-state index contributed by atoms with van der Waals surface area (Å²) in [5.41, 5.74) is 2.84. The van der Waals surface area contributed by atoms with Gasteiger partial charge in [0.2, 0.25) is 5.90 Å². The van der Waals surface area contributed by atoms with E-state index in [1.165, 1.54) is 7.11 Å². The maximum Gasteiger partial charge on any atom is 0.363 e. The molecule has 4 aromatic rings. The van der Waals surface area contributed by atoms with Gasteiger partial charge in [-0.1, -0.05) is 48.5 Å². The number of hydrogen-bond donors (Lipinski definition) is 0. The average Bonchev–Trinajstić information content (AvgIpc) is 3.25. The van der Waals surface area contributed by atoms with Gasteiger partial charge in [0.25, 0.3) is 0 Å². The summed E-state index contributed by atoms with van der Waals surface area (Å²) in [6.07, 6.45) is 1.62. The van der Waals surface area contributed by atoms with Crippen LogP contribution in [0.4, 0.5) is 0 Å². The number of benzene rings is 4. The minimum atomic E-state index is -0.540. The SMILES string of the molecule is COc1cc(/C=C2\N=C(c3ccc4ccccc4c3)OC2=O)cc(I)c1OC(=O)c1ccccc1C. The highest BCUT2D eigenvalue weighted by Crippen LogP contribution is 2.36. The molecule has 0 aromatic heterocycles. The maximum absolute atomic E-state index is 12.7. The summed E-state index contributed by atoms with van der Waals surface area (Å²) in [7, 11) is 1.49. The third-order valence-corrected chi connectivity index (χ3v) is 6.53. The molecule has 4 aromatic carbocycles. The van der Waals surface area contributed by atoms with Crippen LogP contribution in [0.2, 0.25) is 0 Å². The lowest BCUT2D eigenvalue weighted by Crippen LogP contribution is -2.11. The molecule has 0 aliphatic carbocycles. The first-order valence-electron chi connectivity index (χ1n) is 11.1. The molecular weight excluding hydrogens is 569 g/mol. The molecule has 0 atom stereocenters. The first-order valence-corrected chi connectivity index (χ1v) is 12.2. The molecule has 178 valence electrons. The third kappa shape index (κ3) is 4.74. The highest BCUT2D eigenvalue weighted by atomic mass is 127. The number of methoxy groups -OCH3 is 1. The number of rotatable bonds is 5. The van der Waals surface area contributed by atoms with Crippen molar-refractivity contribution in [3.05, 3.63) is 110 Å². The van der Waals surface area contributed by atoms with Crippen LogP contribution in [0.1, 0.15) is 27.0 Å². The van der Waals surface area contributed by atoms with Crippen LogP contribution in [-0.4, -0.2) is 24.9 Å². The Kier molecular flexibility index (Phi) is 6.56. The number of cyclic esters (lactones) is 1. The molecule has 0 amide bonds. The van der Waals surface area contributed by atoms with Crippen molar-refractivity contribution < 1.29 is 23.8 Å². The molecule has 1 aliphatic heterocycles. The van der Waals surface area contributed by atoms with Crippen molar-refractivity contribution in [3.63, 3.8) is 0 Å². The lowest BCUT2D eigenvalue weighted by Gasteiger charge is -2.13. The van der Waals surface area contributed by atoms with Gasteiger partial charge in [0.1, 0.15) is 0 Å². The maximum atomic E-state index is 12.7. The topological polar surface area (TPSA) is 74.2 Å². The fourth-order valence-corrected chi connectivity index (χ4v) is 4.62. The monoisotopic (exact) mass is 589 g/mol. The number of aryl methyl sites for hydroxylation is 1. The van der Waals surface area contributed by atoms with Gasteiger partial charge in [0, 0.05) is 5.56 Å². The van der Waals surface area contributed by atoms with E-state index in [4.69, 9.17) is 14.2 Å². The van der Waals surface area contributed by atoms with E-state index in [1.54, 1.807) is 30.3 Å². The number of ether oxygens (including phenoxy) is 3. The van der Waals surface area contributed by atoms with Crippen molar-refractivity contribution >= 4 is 57.3 Å². The number of hydrogen-bond acceptors (Lipinski definition) is 6. The summed E-state index contributed by atoms with van der Waals surface area (Å²) in [6.45, 7) is 1.85. The van der Waals surface area contributed by atoms with Crippen LogP contribution in [-0.2, 0) is 9.53 Å². The van der Waals surface area contributed by atoms with Gasteiger partial charge in [-0.2, -0.15) is 0 Å². The van der Waals surface area contributed by atoms with E-state index in [0.717, 1.165) is 21.9 Å². The Morgan fingerprint density at radius 1 is 0.972 bits per heavy atom. The van der Waals surface area contributed by atoms with E-state index in [0.29, 0.717) is 26.2 Å². The van der Waals surface area contributed by atoms with Crippen molar-refractivity contribution in [2.45, 2.75) is 6.92 Å². The number of carbonyl (C=O) groups is 2.